The second-order valence-corrected chi connectivity index (χ2v) is 6.15. The lowest BCUT2D eigenvalue weighted by Gasteiger charge is -2.26. The van der Waals surface area contributed by atoms with Gasteiger partial charge in [0.05, 0.1) is 12.7 Å². The van der Waals surface area contributed by atoms with Gasteiger partial charge in [-0.3, -0.25) is 4.79 Å². The second-order valence-electron chi connectivity index (χ2n) is 6.15. The Morgan fingerprint density at radius 1 is 1.15 bits per heavy atom. The van der Waals surface area contributed by atoms with Gasteiger partial charge in [0.2, 0.25) is 0 Å². The van der Waals surface area contributed by atoms with Gasteiger partial charge in [0.25, 0.3) is 5.91 Å². The third-order valence-electron chi connectivity index (χ3n) is 4.41. The molecule has 0 atom stereocenters. The lowest BCUT2D eigenvalue weighted by molar-refractivity contribution is -0.127. The Balaban J connectivity index is 1.75. The van der Waals surface area contributed by atoms with E-state index in [0.717, 1.165) is 12.0 Å². The monoisotopic (exact) mass is 352 g/mol. The zero-order valence-electron chi connectivity index (χ0n) is 15.0. The first-order valence-corrected chi connectivity index (χ1v) is 8.76. The minimum absolute atomic E-state index is 0.0279. The smallest absolute Gasteiger partial charge is 0.253 e. The van der Waals surface area contributed by atoms with E-state index in [2.05, 4.69) is 12.1 Å². The molecule has 3 rings (SSSR count). The standard InChI is InChI=1S/C21H24N2O3/c1-25-19-9-5-8-17-14-18(15-26-20(17)19)21(24)23(13-11-22)12-10-16-6-3-2-4-7-16/h2-9,14H,10-13,15,22H2,1H3. The highest BCUT2D eigenvalue weighted by Crippen LogP contribution is 2.35. The van der Waals surface area contributed by atoms with Crippen LogP contribution in [0.15, 0.2) is 54.1 Å². The summed E-state index contributed by atoms with van der Waals surface area (Å²) < 4.78 is 11.1. The molecule has 0 radical (unpaired) electrons. The van der Waals surface area contributed by atoms with Crippen LogP contribution in [0.2, 0.25) is 0 Å². The molecule has 1 heterocycles. The summed E-state index contributed by atoms with van der Waals surface area (Å²) >= 11 is 0. The van der Waals surface area contributed by atoms with Gasteiger partial charge in [-0.1, -0.05) is 42.5 Å². The van der Waals surface area contributed by atoms with Crippen LogP contribution in [0.1, 0.15) is 11.1 Å². The van der Waals surface area contributed by atoms with Crippen LogP contribution in [0.5, 0.6) is 11.5 Å². The maximum atomic E-state index is 13.0. The van der Waals surface area contributed by atoms with Crippen LogP contribution < -0.4 is 15.2 Å². The fourth-order valence-electron chi connectivity index (χ4n) is 3.05. The molecule has 2 aromatic rings. The topological polar surface area (TPSA) is 64.8 Å². The van der Waals surface area contributed by atoms with Crippen molar-refractivity contribution >= 4 is 12.0 Å². The molecule has 1 amide bonds. The van der Waals surface area contributed by atoms with Crippen LogP contribution in [0.25, 0.3) is 6.08 Å². The van der Waals surface area contributed by atoms with E-state index in [1.165, 1.54) is 5.56 Å². The second kappa shape index (κ2) is 8.54. The van der Waals surface area contributed by atoms with Gasteiger partial charge in [0, 0.05) is 25.2 Å². The van der Waals surface area contributed by atoms with Gasteiger partial charge in [-0.25, -0.2) is 0 Å². The molecule has 5 nitrogen and oxygen atoms in total. The van der Waals surface area contributed by atoms with E-state index in [1.54, 1.807) is 12.0 Å². The minimum atomic E-state index is -0.0279. The molecule has 0 bridgehead atoms. The largest absolute Gasteiger partial charge is 0.493 e. The summed E-state index contributed by atoms with van der Waals surface area (Å²) in [5.41, 5.74) is 8.41. The molecule has 1 aliphatic rings. The third-order valence-corrected chi connectivity index (χ3v) is 4.41. The lowest BCUT2D eigenvalue weighted by Crippen LogP contribution is -2.39. The van der Waals surface area contributed by atoms with Gasteiger partial charge >= 0.3 is 0 Å². The zero-order chi connectivity index (χ0) is 18.4. The number of hydrogen-bond donors (Lipinski definition) is 1. The number of fused-ring (bicyclic) bond motifs is 1. The molecular weight excluding hydrogens is 328 g/mol. The Bertz CT molecular complexity index is 787. The van der Waals surface area contributed by atoms with E-state index in [0.29, 0.717) is 36.7 Å². The molecular formula is C21H24N2O3. The molecule has 0 aliphatic carbocycles. The van der Waals surface area contributed by atoms with E-state index in [9.17, 15) is 4.79 Å². The molecule has 0 unspecified atom stereocenters. The molecule has 0 spiro atoms. The van der Waals surface area contributed by atoms with Crippen molar-refractivity contribution in [3.8, 4) is 11.5 Å². The third kappa shape index (κ3) is 4.06. The first-order chi connectivity index (χ1) is 12.7. The highest BCUT2D eigenvalue weighted by atomic mass is 16.5. The van der Waals surface area contributed by atoms with Gasteiger partial charge in [-0.05, 0) is 24.1 Å². The highest BCUT2D eigenvalue weighted by Gasteiger charge is 2.23. The number of rotatable bonds is 7. The number of methoxy groups -OCH3 is 1. The summed E-state index contributed by atoms with van der Waals surface area (Å²) in [5.74, 6) is 1.33. The van der Waals surface area contributed by atoms with Crippen LogP contribution in [0.3, 0.4) is 0 Å². The zero-order valence-corrected chi connectivity index (χ0v) is 15.0. The molecule has 2 aromatic carbocycles. The van der Waals surface area contributed by atoms with Crippen molar-refractivity contribution in [1.82, 2.24) is 4.90 Å². The van der Waals surface area contributed by atoms with E-state index < -0.39 is 0 Å². The lowest BCUT2D eigenvalue weighted by atomic mass is 10.1. The van der Waals surface area contributed by atoms with Gasteiger partial charge in [-0.15, -0.1) is 0 Å². The molecule has 2 N–H and O–H groups in total. The number of nitrogens with two attached hydrogens (primary N) is 1. The van der Waals surface area contributed by atoms with Crippen molar-refractivity contribution in [1.29, 1.82) is 0 Å². The van der Waals surface area contributed by atoms with Crippen LogP contribution in [-0.2, 0) is 11.2 Å². The summed E-state index contributed by atoms with van der Waals surface area (Å²) in [6.07, 6.45) is 2.68. The predicted molar refractivity (Wildman–Crippen MR) is 102 cm³/mol. The van der Waals surface area contributed by atoms with Crippen molar-refractivity contribution in [2.45, 2.75) is 6.42 Å². The summed E-state index contributed by atoms with van der Waals surface area (Å²) in [5, 5.41) is 0. The quantitative estimate of drug-likeness (QED) is 0.832. The number of benzene rings is 2. The van der Waals surface area contributed by atoms with Crippen molar-refractivity contribution in [2.75, 3.05) is 33.4 Å². The van der Waals surface area contributed by atoms with Crippen molar-refractivity contribution in [3.05, 3.63) is 65.2 Å². The molecule has 1 aliphatic heterocycles. The van der Waals surface area contributed by atoms with E-state index in [1.807, 2.05) is 42.5 Å². The van der Waals surface area contributed by atoms with Crippen molar-refractivity contribution in [2.24, 2.45) is 5.73 Å². The Labute approximate surface area is 154 Å². The number of amides is 1. The van der Waals surface area contributed by atoms with E-state index >= 15 is 0 Å². The fraction of sp³-hybridized carbons (Fsp3) is 0.286. The number of hydrogen-bond acceptors (Lipinski definition) is 4. The Hall–Kier alpha value is -2.79. The van der Waals surface area contributed by atoms with Gasteiger partial charge in [0.1, 0.15) is 6.61 Å². The van der Waals surface area contributed by atoms with E-state index in [-0.39, 0.29) is 12.5 Å². The molecule has 0 saturated heterocycles. The molecule has 5 heteroatoms. The Kier molecular flexibility index (Phi) is 5.92. The Morgan fingerprint density at radius 2 is 1.96 bits per heavy atom. The van der Waals surface area contributed by atoms with Crippen molar-refractivity contribution in [3.63, 3.8) is 0 Å². The fourth-order valence-corrected chi connectivity index (χ4v) is 3.05. The first-order valence-electron chi connectivity index (χ1n) is 8.76. The van der Waals surface area contributed by atoms with Gasteiger partial charge in [0.15, 0.2) is 11.5 Å². The average Bonchev–Trinajstić information content (AvgIpc) is 2.70. The summed E-state index contributed by atoms with van der Waals surface area (Å²) in [7, 11) is 1.61. The van der Waals surface area contributed by atoms with Gasteiger partial charge < -0.3 is 20.1 Å². The van der Waals surface area contributed by atoms with Crippen molar-refractivity contribution < 1.29 is 14.3 Å². The normalized spacial score (nSPS) is 12.6. The molecule has 0 fully saturated rings. The number of ether oxygens (including phenoxy) is 2. The molecule has 0 saturated carbocycles. The average molecular weight is 352 g/mol. The number of carbonyl (C=O) groups excluding carboxylic acids is 1. The number of carbonyl (C=O) groups is 1. The maximum absolute atomic E-state index is 13.0. The number of para-hydroxylation sites is 1. The first kappa shape index (κ1) is 18.0. The highest BCUT2D eigenvalue weighted by molar-refractivity contribution is 5.99. The predicted octanol–water partition coefficient (Wildman–Crippen LogP) is 2.50. The summed E-state index contributed by atoms with van der Waals surface area (Å²) in [6.45, 7) is 1.81. The summed E-state index contributed by atoms with van der Waals surface area (Å²) in [4.78, 5) is 14.8. The minimum Gasteiger partial charge on any atom is -0.493 e. The SMILES string of the molecule is COc1cccc2c1OCC(C(=O)N(CCN)CCc1ccccc1)=C2. The maximum Gasteiger partial charge on any atom is 0.253 e. The van der Waals surface area contributed by atoms with Crippen LogP contribution in [0.4, 0.5) is 0 Å². The van der Waals surface area contributed by atoms with Crippen LogP contribution in [0, 0.1) is 0 Å². The molecule has 26 heavy (non-hydrogen) atoms. The number of nitrogens with zero attached hydrogens (tertiary/aromatic N) is 1. The van der Waals surface area contributed by atoms with Crippen LogP contribution >= 0.6 is 0 Å². The van der Waals surface area contributed by atoms with Gasteiger partial charge in [-0.2, -0.15) is 0 Å². The Morgan fingerprint density at radius 3 is 2.69 bits per heavy atom. The molecule has 0 aromatic heterocycles. The summed E-state index contributed by atoms with van der Waals surface area (Å²) in [6, 6.07) is 15.8. The molecule has 136 valence electrons. The van der Waals surface area contributed by atoms with Crippen LogP contribution in [-0.4, -0.2) is 44.2 Å². The van der Waals surface area contributed by atoms with E-state index in [4.69, 9.17) is 15.2 Å².